The van der Waals surface area contributed by atoms with Crippen LogP contribution in [0, 0.1) is 11.7 Å². The smallest absolute Gasteiger partial charge is 0.229 e. The number of hydrogen-bond acceptors (Lipinski definition) is 6. The molecule has 0 bridgehead atoms. The Morgan fingerprint density at radius 2 is 1.84 bits per heavy atom. The summed E-state index contributed by atoms with van der Waals surface area (Å²) in [6.45, 7) is 22.2. The molecule has 2 aliphatic heterocycles. The van der Waals surface area contributed by atoms with E-state index in [1.807, 2.05) is 25.1 Å². The molecule has 0 aliphatic carbocycles. The Morgan fingerprint density at radius 3 is 2.45 bits per heavy atom. The molecule has 0 amide bonds. The first-order chi connectivity index (χ1) is 18.2. The highest BCUT2D eigenvalue weighted by Gasteiger charge is 2.21. The lowest BCUT2D eigenvalue weighted by Crippen LogP contribution is -2.44. The van der Waals surface area contributed by atoms with Crippen molar-refractivity contribution in [2.45, 2.75) is 40.0 Å². The van der Waals surface area contributed by atoms with Crippen molar-refractivity contribution in [2.75, 3.05) is 54.9 Å². The predicted octanol–water partition coefficient (Wildman–Crippen LogP) is 7.03. The van der Waals surface area contributed by atoms with Crippen molar-refractivity contribution in [1.29, 1.82) is 0 Å². The first-order valence-corrected chi connectivity index (χ1v) is 13.5. The van der Waals surface area contributed by atoms with Crippen LogP contribution in [0.5, 0.6) is 0 Å². The third kappa shape index (κ3) is 7.78. The molecule has 0 radical (unpaired) electrons. The highest BCUT2D eigenvalue weighted by atomic mass is 19.1. The van der Waals surface area contributed by atoms with Gasteiger partial charge in [-0.15, -0.1) is 0 Å². The molecule has 4 rings (SSSR count). The molecule has 1 N–H and O–H groups in total. The van der Waals surface area contributed by atoms with Gasteiger partial charge in [-0.2, -0.15) is 4.98 Å². The average Bonchev–Trinajstić information content (AvgIpc) is 2.92. The molecule has 6 nitrogen and oxygen atoms in total. The van der Waals surface area contributed by atoms with E-state index in [0.717, 1.165) is 67.5 Å². The highest BCUT2D eigenvalue weighted by molar-refractivity contribution is 5.74. The van der Waals surface area contributed by atoms with Crippen LogP contribution in [-0.4, -0.2) is 54.6 Å². The maximum Gasteiger partial charge on any atom is 0.229 e. The van der Waals surface area contributed by atoms with Crippen molar-refractivity contribution in [3.8, 4) is 0 Å². The van der Waals surface area contributed by atoms with Crippen LogP contribution in [0.1, 0.15) is 45.6 Å². The number of nitrogens with one attached hydrogen (secondary N) is 1. The van der Waals surface area contributed by atoms with Crippen molar-refractivity contribution in [1.82, 2.24) is 14.9 Å². The Hall–Kier alpha value is -3.45. The van der Waals surface area contributed by atoms with Crippen LogP contribution >= 0.6 is 0 Å². The van der Waals surface area contributed by atoms with Crippen molar-refractivity contribution >= 4 is 29.2 Å². The third-order valence-corrected chi connectivity index (χ3v) is 7.19. The standard InChI is InChI=1S/C26H35FN6.C5H8/c1-5-20(6-2)11-12-33-19(3)7-8-21-18-28-26(30-25(21)33)29-24-10-9-22(17-23(24)27)32-15-13-31(4)14-16-32;1-4-5(2)3/h7-10,17-18,20H,3,5-6,11-16H2,1-2,4H3,(H,28,29,30);4H,1-2H2,3H3. The molecule has 1 aromatic carbocycles. The van der Waals surface area contributed by atoms with E-state index < -0.39 is 0 Å². The fourth-order valence-corrected chi connectivity index (χ4v) is 4.43. The van der Waals surface area contributed by atoms with E-state index in [0.29, 0.717) is 17.6 Å². The molecule has 38 heavy (non-hydrogen) atoms. The number of fused-ring (bicyclic) bond motifs is 1. The van der Waals surface area contributed by atoms with Gasteiger partial charge in [0.15, 0.2) is 0 Å². The van der Waals surface area contributed by atoms with E-state index >= 15 is 0 Å². The average molecular weight is 519 g/mol. The number of nitrogens with zero attached hydrogens (tertiary/aromatic N) is 5. The molecular formula is C31H43FN6. The molecular weight excluding hydrogens is 475 g/mol. The van der Waals surface area contributed by atoms with Gasteiger partial charge >= 0.3 is 0 Å². The quantitative estimate of drug-likeness (QED) is 0.360. The molecule has 2 aromatic rings. The second-order valence-electron chi connectivity index (χ2n) is 10.1. The molecule has 2 aliphatic rings. The normalized spacial score (nSPS) is 15.2. The third-order valence-electron chi connectivity index (χ3n) is 7.19. The van der Waals surface area contributed by atoms with Crippen LogP contribution in [0.3, 0.4) is 0 Å². The minimum absolute atomic E-state index is 0.303. The van der Waals surface area contributed by atoms with Gasteiger partial charge in [0.25, 0.3) is 0 Å². The minimum atomic E-state index is -0.303. The topological polar surface area (TPSA) is 47.5 Å². The van der Waals surface area contributed by atoms with Crippen LogP contribution in [0.4, 0.5) is 27.5 Å². The van der Waals surface area contributed by atoms with Gasteiger partial charge in [0.2, 0.25) is 5.95 Å². The van der Waals surface area contributed by atoms with Crippen molar-refractivity contribution < 1.29 is 4.39 Å². The first-order valence-electron chi connectivity index (χ1n) is 13.5. The fourth-order valence-electron chi connectivity index (χ4n) is 4.43. The van der Waals surface area contributed by atoms with Gasteiger partial charge in [0.05, 0.1) is 5.69 Å². The summed E-state index contributed by atoms with van der Waals surface area (Å²) in [7, 11) is 2.11. The van der Waals surface area contributed by atoms with Gasteiger partial charge in [-0.3, -0.25) is 0 Å². The van der Waals surface area contributed by atoms with Gasteiger partial charge in [-0.05, 0) is 56.7 Å². The summed E-state index contributed by atoms with van der Waals surface area (Å²) >= 11 is 0. The Balaban J connectivity index is 0.000000732. The molecule has 0 saturated carbocycles. The molecule has 0 atom stereocenters. The lowest BCUT2D eigenvalue weighted by atomic mass is 9.99. The molecule has 7 heteroatoms. The van der Waals surface area contributed by atoms with Gasteiger partial charge in [0, 0.05) is 55.9 Å². The van der Waals surface area contributed by atoms with Gasteiger partial charge < -0.3 is 20.0 Å². The van der Waals surface area contributed by atoms with Crippen LogP contribution in [-0.2, 0) is 0 Å². The van der Waals surface area contributed by atoms with E-state index in [1.54, 1.807) is 24.4 Å². The van der Waals surface area contributed by atoms with Crippen molar-refractivity contribution in [3.05, 3.63) is 78.9 Å². The Morgan fingerprint density at radius 1 is 1.16 bits per heavy atom. The molecule has 1 aromatic heterocycles. The van der Waals surface area contributed by atoms with Crippen LogP contribution in [0.25, 0.3) is 6.08 Å². The Labute approximate surface area is 228 Å². The molecule has 204 valence electrons. The second kappa shape index (κ2) is 13.9. The van der Waals surface area contributed by atoms with Gasteiger partial charge in [-0.1, -0.05) is 58.1 Å². The zero-order valence-electron chi connectivity index (χ0n) is 23.5. The van der Waals surface area contributed by atoms with E-state index in [9.17, 15) is 4.39 Å². The summed E-state index contributed by atoms with van der Waals surface area (Å²) in [5, 5.41) is 3.08. The summed E-state index contributed by atoms with van der Waals surface area (Å²) in [6.07, 6.45) is 10.9. The van der Waals surface area contributed by atoms with E-state index in [1.165, 1.54) is 12.8 Å². The summed E-state index contributed by atoms with van der Waals surface area (Å²) in [4.78, 5) is 15.8. The maximum absolute atomic E-state index is 14.9. The van der Waals surface area contributed by atoms with Gasteiger partial charge in [-0.25, -0.2) is 9.37 Å². The number of allylic oxidation sites excluding steroid dienone is 3. The van der Waals surface area contributed by atoms with E-state index in [-0.39, 0.29) is 5.82 Å². The molecule has 1 fully saturated rings. The highest BCUT2D eigenvalue weighted by Crippen LogP contribution is 2.31. The zero-order valence-corrected chi connectivity index (χ0v) is 23.5. The number of halogens is 1. The summed E-state index contributed by atoms with van der Waals surface area (Å²) in [5.41, 5.74) is 4.17. The SMILES string of the molecule is C=C1C=Cc2cnc(Nc3ccc(N4CCN(C)CC4)cc3F)nc2N1CCC(CC)CC.C=CC(=C)C. The Bertz CT molecular complexity index is 1150. The number of anilines is 4. The van der Waals surface area contributed by atoms with Crippen LogP contribution in [0.2, 0.25) is 0 Å². The summed E-state index contributed by atoms with van der Waals surface area (Å²) in [6, 6.07) is 5.33. The second-order valence-corrected chi connectivity index (χ2v) is 10.1. The number of rotatable bonds is 9. The number of aromatic nitrogens is 2. The summed E-state index contributed by atoms with van der Waals surface area (Å²) < 4.78 is 14.9. The summed E-state index contributed by atoms with van der Waals surface area (Å²) in [5.74, 6) is 1.58. The number of likely N-dealkylation sites (N-methyl/N-ethyl adjacent to an activating group) is 1. The monoisotopic (exact) mass is 518 g/mol. The van der Waals surface area contributed by atoms with Crippen LogP contribution < -0.4 is 15.1 Å². The number of piperazine rings is 1. The molecule has 0 spiro atoms. The largest absolute Gasteiger partial charge is 0.369 e. The Kier molecular flexibility index (Phi) is 10.7. The lowest BCUT2D eigenvalue weighted by Gasteiger charge is -2.34. The molecule has 0 unspecified atom stereocenters. The first kappa shape index (κ1) is 29.1. The van der Waals surface area contributed by atoms with Crippen molar-refractivity contribution in [2.24, 2.45) is 5.92 Å². The zero-order chi connectivity index (χ0) is 27.7. The predicted molar refractivity (Wildman–Crippen MR) is 161 cm³/mol. The lowest BCUT2D eigenvalue weighted by molar-refractivity contribution is 0.313. The van der Waals surface area contributed by atoms with Gasteiger partial charge in [0.1, 0.15) is 11.6 Å². The van der Waals surface area contributed by atoms with E-state index in [4.69, 9.17) is 4.98 Å². The molecule has 3 heterocycles. The number of hydrogen-bond donors (Lipinski definition) is 1. The maximum atomic E-state index is 14.9. The fraction of sp³-hybridized carbons (Fsp3) is 0.419. The number of benzene rings is 1. The minimum Gasteiger partial charge on any atom is -0.369 e. The van der Waals surface area contributed by atoms with Crippen molar-refractivity contribution in [3.63, 3.8) is 0 Å². The van der Waals surface area contributed by atoms with Crippen LogP contribution in [0.15, 0.2) is 67.6 Å². The van der Waals surface area contributed by atoms with E-state index in [2.05, 4.69) is 65.6 Å². The molecule has 1 saturated heterocycles.